The van der Waals surface area contributed by atoms with Crippen molar-refractivity contribution in [3.05, 3.63) is 6.33 Å². The van der Waals surface area contributed by atoms with E-state index in [-0.39, 0.29) is 11.9 Å². The maximum absolute atomic E-state index is 11.4. The van der Waals surface area contributed by atoms with Crippen molar-refractivity contribution in [1.82, 2.24) is 20.5 Å². The molecule has 0 aromatic carbocycles. The zero-order valence-corrected chi connectivity index (χ0v) is 10.5. The highest BCUT2D eigenvalue weighted by Gasteiger charge is 2.31. The average molecular weight is 243 g/mol. The number of amides is 1. The molecule has 16 heavy (non-hydrogen) atoms. The van der Waals surface area contributed by atoms with E-state index in [1.807, 2.05) is 13.8 Å². The lowest BCUT2D eigenvalue weighted by molar-refractivity contribution is -0.123. The van der Waals surface area contributed by atoms with Gasteiger partial charge >= 0.3 is 0 Å². The Labute approximate surface area is 98.8 Å². The highest BCUT2D eigenvalue weighted by atomic mass is 32.2. The predicted octanol–water partition coefficient (Wildman–Crippen LogP) is 0.139. The number of thioether (sulfide) groups is 1. The number of nitrogens with two attached hydrogens (primary N) is 1. The number of nitrogens with zero attached hydrogens (tertiary/aromatic N) is 2. The van der Waals surface area contributed by atoms with Gasteiger partial charge in [0.2, 0.25) is 5.91 Å². The summed E-state index contributed by atoms with van der Waals surface area (Å²) in [6, 6.07) is 0.188. The predicted molar refractivity (Wildman–Crippen MR) is 63.0 cm³/mol. The van der Waals surface area contributed by atoms with Gasteiger partial charge in [0.25, 0.3) is 0 Å². The Bertz CT molecular complexity index is 340. The topological polar surface area (TPSA) is 96.7 Å². The van der Waals surface area contributed by atoms with Crippen LogP contribution in [0.3, 0.4) is 0 Å². The fourth-order valence-corrected chi connectivity index (χ4v) is 2.19. The molecule has 1 unspecified atom stereocenters. The van der Waals surface area contributed by atoms with Gasteiger partial charge in [0.1, 0.15) is 11.9 Å². The van der Waals surface area contributed by atoms with Gasteiger partial charge in [-0.3, -0.25) is 9.89 Å². The zero-order valence-electron chi connectivity index (χ0n) is 9.65. The molecule has 90 valence electrons. The lowest BCUT2D eigenvalue weighted by Gasteiger charge is -2.29. The van der Waals surface area contributed by atoms with Gasteiger partial charge in [-0.25, -0.2) is 4.98 Å². The summed E-state index contributed by atoms with van der Waals surface area (Å²) in [5.41, 5.74) is 4.65. The number of H-pyrrole nitrogens is 1. The van der Waals surface area contributed by atoms with Crippen LogP contribution in [0.1, 0.15) is 20.8 Å². The van der Waals surface area contributed by atoms with Crippen molar-refractivity contribution in [1.29, 1.82) is 0 Å². The maximum atomic E-state index is 11.4. The first kappa shape index (κ1) is 13.0. The molecule has 7 heteroatoms. The van der Waals surface area contributed by atoms with Crippen LogP contribution in [0.2, 0.25) is 0 Å². The van der Waals surface area contributed by atoms with Crippen LogP contribution in [0.25, 0.3) is 0 Å². The molecule has 0 saturated carbocycles. The number of aromatic nitrogens is 3. The molecular formula is C9H17N5OS. The van der Waals surface area contributed by atoms with Gasteiger partial charge in [0, 0.05) is 11.8 Å². The van der Waals surface area contributed by atoms with Gasteiger partial charge in [0.05, 0.1) is 0 Å². The van der Waals surface area contributed by atoms with E-state index in [0.717, 1.165) is 0 Å². The second-order valence-corrected chi connectivity index (χ2v) is 5.04. The zero-order chi connectivity index (χ0) is 12.2. The molecule has 1 aromatic rings. The molecule has 0 aliphatic heterocycles. The van der Waals surface area contributed by atoms with Gasteiger partial charge in [-0.2, -0.15) is 5.10 Å². The highest BCUT2D eigenvalue weighted by Crippen LogP contribution is 2.19. The van der Waals surface area contributed by atoms with E-state index >= 15 is 0 Å². The van der Waals surface area contributed by atoms with E-state index in [4.69, 9.17) is 5.73 Å². The molecule has 1 heterocycles. The van der Waals surface area contributed by atoms with Gasteiger partial charge in [0.15, 0.2) is 5.16 Å². The van der Waals surface area contributed by atoms with Gasteiger partial charge in [-0.05, 0) is 20.8 Å². The molecule has 1 rings (SSSR count). The van der Waals surface area contributed by atoms with Gasteiger partial charge in [-0.15, -0.1) is 0 Å². The Morgan fingerprint density at radius 1 is 1.75 bits per heavy atom. The maximum Gasteiger partial charge on any atom is 0.238 e. The standard InChI is InChI=1S/C9H17N5OS/c1-6(2)13-9(3,7(10)15)4-16-8-11-5-12-14-8/h5-6,13H,4H2,1-3H3,(H2,10,15)(H,11,12,14). The lowest BCUT2D eigenvalue weighted by Crippen LogP contribution is -2.57. The minimum Gasteiger partial charge on any atom is -0.368 e. The van der Waals surface area contributed by atoms with Crippen LogP contribution < -0.4 is 11.1 Å². The molecule has 1 aromatic heterocycles. The first-order chi connectivity index (χ1) is 7.44. The third-order valence-corrected chi connectivity index (χ3v) is 3.23. The number of nitrogens with one attached hydrogen (secondary N) is 2. The molecule has 0 aliphatic carbocycles. The number of hydrogen-bond donors (Lipinski definition) is 3. The molecule has 1 atom stereocenters. The van der Waals surface area contributed by atoms with Crippen LogP contribution in [0.5, 0.6) is 0 Å². The molecule has 1 amide bonds. The SMILES string of the molecule is CC(C)NC(C)(CSc1ncn[nH]1)C(N)=O. The Balaban J connectivity index is 2.61. The summed E-state index contributed by atoms with van der Waals surface area (Å²) in [6.45, 7) is 5.74. The first-order valence-corrected chi connectivity index (χ1v) is 5.98. The minimum absolute atomic E-state index is 0.188. The van der Waals surface area contributed by atoms with Crippen molar-refractivity contribution in [3.63, 3.8) is 0 Å². The first-order valence-electron chi connectivity index (χ1n) is 5.00. The van der Waals surface area contributed by atoms with Crippen LogP contribution in [0.4, 0.5) is 0 Å². The lowest BCUT2D eigenvalue weighted by atomic mass is 10.0. The fraction of sp³-hybridized carbons (Fsp3) is 0.667. The molecular weight excluding hydrogens is 226 g/mol. The number of hydrogen-bond acceptors (Lipinski definition) is 5. The van der Waals surface area contributed by atoms with Crippen LogP contribution in [-0.2, 0) is 4.79 Å². The fourth-order valence-electron chi connectivity index (χ4n) is 1.30. The summed E-state index contributed by atoms with van der Waals surface area (Å²) in [7, 11) is 0. The Hall–Kier alpha value is -1.08. The van der Waals surface area contributed by atoms with Crippen molar-refractivity contribution in [2.75, 3.05) is 5.75 Å². The third kappa shape index (κ3) is 3.49. The summed E-state index contributed by atoms with van der Waals surface area (Å²) < 4.78 is 0. The number of rotatable bonds is 6. The van der Waals surface area contributed by atoms with Crippen LogP contribution in [0, 0.1) is 0 Å². The molecule has 0 radical (unpaired) electrons. The number of primary amides is 1. The summed E-state index contributed by atoms with van der Waals surface area (Å²) in [6.07, 6.45) is 1.43. The van der Waals surface area contributed by atoms with Crippen molar-refractivity contribution in [2.24, 2.45) is 5.73 Å². The van der Waals surface area contributed by atoms with Crippen LogP contribution in [0.15, 0.2) is 11.5 Å². The largest absolute Gasteiger partial charge is 0.368 e. The number of carbonyl (C=O) groups excluding carboxylic acids is 1. The molecule has 0 saturated heterocycles. The van der Waals surface area contributed by atoms with Crippen molar-refractivity contribution < 1.29 is 4.79 Å². The second kappa shape index (κ2) is 5.31. The van der Waals surface area contributed by atoms with E-state index in [1.165, 1.54) is 18.1 Å². The molecule has 0 spiro atoms. The Kier molecular flexibility index (Phi) is 4.31. The van der Waals surface area contributed by atoms with E-state index in [2.05, 4.69) is 20.5 Å². The normalized spacial score (nSPS) is 15.0. The molecule has 0 fully saturated rings. The van der Waals surface area contributed by atoms with Crippen molar-refractivity contribution in [3.8, 4) is 0 Å². The average Bonchev–Trinajstić information content (AvgIpc) is 2.65. The summed E-state index contributed by atoms with van der Waals surface area (Å²) in [5.74, 6) is 0.142. The molecule has 6 nitrogen and oxygen atoms in total. The molecule has 0 aliphatic rings. The molecule has 0 bridgehead atoms. The highest BCUT2D eigenvalue weighted by molar-refractivity contribution is 7.99. The second-order valence-electron chi connectivity index (χ2n) is 4.07. The van der Waals surface area contributed by atoms with Crippen LogP contribution >= 0.6 is 11.8 Å². The summed E-state index contributed by atoms with van der Waals surface area (Å²) in [4.78, 5) is 15.4. The summed E-state index contributed by atoms with van der Waals surface area (Å²) in [5, 5.41) is 10.3. The van der Waals surface area contributed by atoms with E-state index in [0.29, 0.717) is 10.9 Å². The Morgan fingerprint density at radius 2 is 2.44 bits per heavy atom. The number of carbonyl (C=O) groups is 1. The van der Waals surface area contributed by atoms with E-state index in [9.17, 15) is 4.79 Å². The van der Waals surface area contributed by atoms with Crippen molar-refractivity contribution >= 4 is 17.7 Å². The van der Waals surface area contributed by atoms with E-state index in [1.54, 1.807) is 6.92 Å². The minimum atomic E-state index is -0.744. The van der Waals surface area contributed by atoms with Crippen molar-refractivity contribution in [2.45, 2.75) is 37.5 Å². The number of aromatic amines is 1. The summed E-state index contributed by atoms with van der Waals surface area (Å²) >= 11 is 1.41. The third-order valence-electron chi connectivity index (χ3n) is 2.04. The Morgan fingerprint density at radius 3 is 2.88 bits per heavy atom. The molecule has 4 N–H and O–H groups in total. The van der Waals surface area contributed by atoms with Gasteiger partial charge in [-0.1, -0.05) is 11.8 Å². The van der Waals surface area contributed by atoms with Crippen LogP contribution in [-0.4, -0.2) is 38.4 Å². The quantitative estimate of drug-likeness (QED) is 0.617. The monoisotopic (exact) mass is 243 g/mol. The van der Waals surface area contributed by atoms with E-state index < -0.39 is 5.54 Å². The smallest absolute Gasteiger partial charge is 0.238 e. The van der Waals surface area contributed by atoms with Gasteiger partial charge < -0.3 is 11.1 Å².